The Bertz CT molecular complexity index is 1080. The summed E-state index contributed by atoms with van der Waals surface area (Å²) >= 11 is 0. The van der Waals surface area contributed by atoms with Gasteiger partial charge in [0.2, 0.25) is 5.91 Å². The predicted octanol–water partition coefficient (Wildman–Crippen LogP) is 5.77. The Labute approximate surface area is 172 Å². The summed E-state index contributed by atoms with van der Waals surface area (Å²) in [6.45, 7) is 1.35. The van der Waals surface area contributed by atoms with Gasteiger partial charge in [-0.3, -0.25) is 9.48 Å². The van der Waals surface area contributed by atoms with Crippen LogP contribution in [0.25, 0.3) is 6.08 Å². The minimum atomic E-state index is -4.99. The fourth-order valence-electron chi connectivity index (χ4n) is 2.83. The first-order valence-electron chi connectivity index (χ1n) is 8.80. The third kappa shape index (κ3) is 5.36. The Balaban J connectivity index is 1.81. The molecule has 5 nitrogen and oxygen atoms in total. The molecule has 3 rings (SSSR count). The smallest absolute Gasteiger partial charge is 0.416 e. The van der Waals surface area contributed by atoms with E-state index in [1.165, 1.54) is 37.7 Å². The molecule has 0 aliphatic carbocycles. The zero-order valence-electron chi connectivity index (χ0n) is 15.8. The first-order valence-corrected chi connectivity index (χ1v) is 8.80. The number of alkyl halides is 6. The summed E-state index contributed by atoms with van der Waals surface area (Å²) in [5.41, 5.74) is -2.99. The number of halogens is 6. The Hall–Kier alpha value is -3.50. The molecule has 1 aromatic carbocycles. The van der Waals surface area contributed by atoms with Gasteiger partial charge in [-0.25, -0.2) is 0 Å². The molecule has 164 valence electrons. The molecule has 2 aromatic heterocycles. The molecule has 0 saturated carbocycles. The molecular weight excluding hydrogens is 428 g/mol. The SMILES string of the molecule is CC(c1ccc(C(F)(F)F)cc1C(F)(F)F)n1cc(NC(=O)C=Cc2ccco2)cn1. The summed E-state index contributed by atoms with van der Waals surface area (Å²) < 4.78 is 84.9. The van der Waals surface area contributed by atoms with Crippen LogP contribution in [-0.4, -0.2) is 15.7 Å². The second-order valence-corrected chi connectivity index (χ2v) is 6.52. The summed E-state index contributed by atoms with van der Waals surface area (Å²) in [6.07, 6.45) is -3.37. The van der Waals surface area contributed by atoms with E-state index in [9.17, 15) is 31.1 Å². The number of carbonyl (C=O) groups is 1. The van der Waals surface area contributed by atoms with Crippen molar-refractivity contribution in [3.05, 3.63) is 77.5 Å². The van der Waals surface area contributed by atoms with E-state index in [0.717, 1.165) is 10.7 Å². The van der Waals surface area contributed by atoms with Crippen LogP contribution in [0.1, 0.15) is 35.4 Å². The molecule has 11 heteroatoms. The highest BCUT2D eigenvalue weighted by Gasteiger charge is 2.39. The maximum atomic E-state index is 13.4. The number of anilines is 1. The topological polar surface area (TPSA) is 60.1 Å². The normalized spacial score (nSPS) is 13.5. The van der Waals surface area contributed by atoms with Gasteiger partial charge in [-0.15, -0.1) is 0 Å². The highest BCUT2D eigenvalue weighted by molar-refractivity contribution is 6.01. The van der Waals surface area contributed by atoms with Gasteiger partial charge < -0.3 is 9.73 Å². The van der Waals surface area contributed by atoms with E-state index in [1.807, 2.05) is 0 Å². The van der Waals surface area contributed by atoms with Gasteiger partial charge in [-0.2, -0.15) is 31.4 Å². The lowest BCUT2D eigenvalue weighted by Crippen LogP contribution is -2.17. The highest BCUT2D eigenvalue weighted by atomic mass is 19.4. The lowest BCUT2D eigenvalue weighted by Gasteiger charge is -2.20. The van der Waals surface area contributed by atoms with Crippen molar-refractivity contribution in [1.82, 2.24) is 9.78 Å². The van der Waals surface area contributed by atoms with Crippen LogP contribution >= 0.6 is 0 Å². The molecule has 1 N–H and O–H groups in total. The van der Waals surface area contributed by atoms with Crippen molar-refractivity contribution in [3.8, 4) is 0 Å². The monoisotopic (exact) mass is 443 g/mol. The molecule has 0 bridgehead atoms. The summed E-state index contributed by atoms with van der Waals surface area (Å²) in [7, 11) is 0. The third-order valence-corrected chi connectivity index (χ3v) is 4.34. The van der Waals surface area contributed by atoms with Crippen molar-refractivity contribution in [2.24, 2.45) is 0 Å². The molecule has 31 heavy (non-hydrogen) atoms. The van der Waals surface area contributed by atoms with E-state index in [4.69, 9.17) is 4.42 Å². The number of benzene rings is 1. The Morgan fingerprint density at radius 1 is 1.16 bits per heavy atom. The lowest BCUT2D eigenvalue weighted by atomic mass is 9.98. The van der Waals surface area contributed by atoms with Gasteiger partial charge in [-0.05, 0) is 42.8 Å². The molecule has 1 atom stereocenters. The van der Waals surface area contributed by atoms with E-state index in [0.29, 0.717) is 11.8 Å². The van der Waals surface area contributed by atoms with Gasteiger partial charge in [-0.1, -0.05) is 6.07 Å². The number of hydrogen-bond acceptors (Lipinski definition) is 3. The minimum absolute atomic E-state index is 0.0808. The van der Waals surface area contributed by atoms with Crippen molar-refractivity contribution < 1.29 is 35.6 Å². The van der Waals surface area contributed by atoms with Gasteiger partial charge in [0.15, 0.2) is 0 Å². The number of amides is 1. The van der Waals surface area contributed by atoms with Crippen LogP contribution in [0.15, 0.2) is 59.5 Å². The molecule has 2 heterocycles. The van der Waals surface area contributed by atoms with Gasteiger partial charge in [0.1, 0.15) is 5.76 Å². The summed E-state index contributed by atoms with van der Waals surface area (Å²) in [5.74, 6) is -0.0874. The number of aromatic nitrogens is 2. The number of rotatable bonds is 5. The van der Waals surface area contributed by atoms with Crippen LogP contribution in [0.5, 0.6) is 0 Å². The molecule has 1 unspecified atom stereocenters. The number of furan rings is 1. The second-order valence-electron chi connectivity index (χ2n) is 6.52. The van der Waals surface area contributed by atoms with E-state index in [2.05, 4.69) is 10.4 Å². The molecule has 0 aliphatic heterocycles. The van der Waals surface area contributed by atoms with Crippen LogP contribution in [0, 0.1) is 0 Å². The summed E-state index contributed by atoms with van der Waals surface area (Å²) in [4.78, 5) is 11.9. The Kier molecular flexibility index (Phi) is 5.96. The zero-order valence-corrected chi connectivity index (χ0v) is 15.8. The maximum absolute atomic E-state index is 13.4. The molecule has 0 radical (unpaired) electrons. The summed E-state index contributed by atoms with van der Waals surface area (Å²) in [6, 6.07) is 3.67. The number of nitrogens with zero attached hydrogens (tertiary/aromatic N) is 2. The lowest BCUT2D eigenvalue weighted by molar-refractivity contribution is -0.143. The second kappa shape index (κ2) is 8.32. The van der Waals surface area contributed by atoms with Gasteiger partial charge in [0.25, 0.3) is 0 Å². The maximum Gasteiger partial charge on any atom is 0.416 e. The van der Waals surface area contributed by atoms with Crippen molar-refractivity contribution >= 4 is 17.7 Å². The zero-order chi connectivity index (χ0) is 22.8. The van der Waals surface area contributed by atoms with Gasteiger partial charge in [0, 0.05) is 12.3 Å². The number of hydrogen-bond donors (Lipinski definition) is 1. The minimum Gasteiger partial charge on any atom is -0.465 e. The fraction of sp³-hybridized carbons (Fsp3) is 0.200. The van der Waals surface area contributed by atoms with E-state index in [1.54, 1.807) is 12.1 Å². The third-order valence-electron chi connectivity index (χ3n) is 4.34. The fourth-order valence-corrected chi connectivity index (χ4v) is 2.83. The molecule has 0 fully saturated rings. The van der Waals surface area contributed by atoms with Crippen LogP contribution in [0.3, 0.4) is 0 Å². The molecule has 1 amide bonds. The van der Waals surface area contributed by atoms with Gasteiger partial charge >= 0.3 is 12.4 Å². The predicted molar refractivity (Wildman–Crippen MR) is 98.9 cm³/mol. The van der Waals surface area contributed by atoms with Crippen LogP contribution in [0.4, 0.5) is 32.0 Å². The standard InChI is InChI=1S/C20H15F6N3O2/c1-12(16-6-4-13(19(21,22)23)9-17(16)20(24,25)26)29-11-14(10-27-29)28-18(30)7-5-15-3-2-8-31-15/h2-12H,1H3,(H,28,30). The van der Waals surface area contributed by atoms with E-state index in [-0.39, 0.29) is 17.3 Å². The van der Waals surface area contributed by atoms with Crippen molar-refractivity contribution in [3.63, 3.8) is 0 Å². The van der Waals surface area contributed by atoms with Crippen LogP contribution in [-0.2, 0) is 17.1 Å². The first kappa shape index (κ1) is 22.2. The summed E-state index contributed by atoms with van der Waals surface area (Å²) in [5, 5.41) is 6.40. The van der Waals surface area contributed by atoms with Crippen molar-refractivity contribution in [2.75, 3.05) is 5.32 Å². The Morgan fingerprint density at radius 3 is 2.52 bits per heavy atom. The average molecular weight is 443 g/mol. The molecule has 3 aromatic rings. The number of carbonyl (C=O) groups excluding carboxylic acids is 1. The van der Waals surface area contributed by atoms with E-state index >= 15 is 0 Å². The Morgan fingerprint density at radius 2 is 1.90 bits per heavy atom. The first-order chi connectivity index (χ1) is 14.4. The van der Waals surface area contributed by atoms with Crippen LogP contribution in [0.2, 0.25) is 0 Å². The number of nitrogens with one attached hydrogen (secondary N) is 1. The van der Waals surface area contributed by atoms with E-state index < -0.39 is 35.4 Å². The van der Waals surface area contributed by atoms with Crippen LogP contribution < -0.4 is 5.32 Å². The molecule has 0 saturated heterocycles. The van der Waals surface area contributed by atoms with Crippen molar-refractivity contribution in [1.29, 1.82) is 0 Å². The van der Waals surface area contributed by atoms with Gasteiger partial charge in [0.05, 0.1) is 35.3 Å². The average Bonchev–Trinajstić information content (AvgIpc) is 3.36. The molecule has 0 aliphatic rings. The van der Waals surface area contributed by atoms with Crippen molar-refractivity contribution in [2.45, 2.75) is 25.3 Å². The largest absolute Gasteiger partial charge is 0.465 e. The molecule has 0 spiro atoms. The quantitative estimate of drug-likeness (QED) is 0.402. The highest BCUT2D eigenvalue weighted by Crippen LogP contribution is 2.39. The molecular formula is C20H15F6N3O2.